The van der Waals surface area contributed by atoms with Gasteiger partial charge in [-0.3, -0.25) is 4.79 Å². The average Bonchev–Trinajstić information content (AvgIpc) is 2.84. The van der Waals surface area contributed by atoms with Crippen LogP contribution in [0.5, 0.6) is 0 Å². The lowest BCUT2D eigenvalue weighted by molar-refractivity contribution is -0.0322. The first-order valence-electron chi connectivity index (χ1n) is 7.12. The molecule has 2 heterocycles. The molecule has 0 N–H and O–H groups in total. The molecule has 1 saturated heterocycles. The number of nitrogens with zero attached hydrogens (tertiary/aromatic N) is 1. The molecule has 5 nitrogen and oxygen atoms in total. The van der Waals surface area contributed by atoms with E-state index in [4.69, 9.17) is 9.47 Å². The van der Waals surface area contributed by atoms with Gasteiger partial charge >= 0.3 is 6.09 Å². The molecule has 0 bridgehead atoms. The van der Waals surface area contributed by atoms with Gasteiger partial charge < -0.3 is 14.4 Å². The fourth-order valence-corrected chi connectivity index (χ4v) is 3.50. The zero-order valence-corrected chi connectivity index (χ0v) is 15.3. The Labute approximate surface area is 142 Å². The third-order valence-electron chi connectivity index (χ3n) is 3.12. The lowest BCUT2D eigenvalue weighted by Gasteiger charge is -2.36. The van der Waals surface area contributed by atoms with Gasteiger partial charge in [0.1, 0.15) is 5.60 Å². The molecule has 1 aromatic rings. The normalized spacial score (nSPS) is 19.1. The Morgan fingerprint density at radius 3 is 2.77 bits per heavy atom. The van der Waals surface area contributed by atoms with Gasteiger partial charge in [0.2, 0.25) is 0 Å². The molecule has 0 aromatic carbocycles. The number of Topliss-reactive ketones (excluding diaryl/α,β-unsaturated/α-hetero) is 1. The van der Waals surface area contributed by atoms with E-state index in [0.717, 1.165) is 3.79 Å². The highest BCUT2D eigenvalue weighted by Crippen LogP contribution is 2.25. The second-order valence-corrected chi connectivity index (χ2v) is 8.60. The number of amides is 1. The van der Waals surface area contributed by atoms with Gasteiger partial charge in [0.05, 0.1) is 27.9 Å². The second kappa shape index (κ2) is 7.10. The predicted octanol–water partition coefficient (Wildman–Crippen LogP) is 3.72. The molecule has 1 amide bonds. The number of thiophene rings is 1. The summed E-state index contributed by atoms with van der Waals surface area (Å²) >= 11 is 4.75. The molecule has 1 atom stereocenters. The maximum Gasteiger partial charge on any atom is 0.410 e. The predicted molar refractivity (Wildman–Crippen MR) is 88.5 cm³/mol. The molecular weight excluding hydrogens is 370 g/mol. The van der Waals surface area contributed by atoms with Crippen LogP contribution >= 0.6 is 27.3 Å². The van der Waals surface area contributed by atoms with Gasteiger partial charge in [0.25, 0.3) is 0 Å². The van der Waals surface area contributed by atoms with E-state index >= 15 is 0 Å². The molecule has 1 aliphatic rings. The van der Waals surface area contributed by atoms with Crippen LogP contribution in [0, 0.1) is 0 Å². The maximum absolute atomic E-state index is 12.3. The number of ketones is 1. The first kappa shape index (κ1) is 17.4. The van der Waals surface area contributed by atoms with Gasteiger partial charge in [-0.25, -0.2) is 4.79 Å². The average molecular weight is 390 g/mol. The van der Waals surface area contributed by atoms with Crippen molar-refractivity contribution in [2.45, 2.75) is 38.8 Å². The minimum Gasteiger partial charge on any atom is -0.444 e. The Balaban J connectivity index is 2.03. The van der Waals surface area contributed by atoms with Gasteiger partial charge in [-0.05, 0) is 48.8 Å². The molecule has 7 heteroatoms. The number of carbonyl (C=O) groups is 2. The molecule has 122 valence electrons. The van der Waals surface area contributed by atoms with Crippen molar-refractivity contribution >= 4 is 39.1 Å². The molecule has 0 radical (unpaired) electrons. The Bertz CT molecular complexity index is 552. The highest BCUT2D eigenvalue weighted by molar-refractivity contribution is 9.11. The van der Waals surface area contributed by atoms with E-state index in [9.17, 15) is 9.59 Å². The topological polar surface area (TPSA) is 55.8 Å². The summed E-state index contributed by atoms with van der Waals surface area (Å²) in [5, 5.41) is 0. The molecule has 1 aliphatic heterocycles. The Morgan fingerprint density at radius 2 is 2.18 bits per heavy atom. The van der Waals surface area contributed by atoms with Gasteiger partial charge in [0.15, 0.2) is 5.78 Å². The van der Waals surface area contributed by atoms with Crippen LogP contribution in [0.25, 0.3) is 0 Å². The van der Waals surface area contributed by atoms with Crippen LogP contribution in [0.3, 0.4) is 0 Å². The number of hydrogen-bond acceptors (Lipinski definition) is 5. The van der Waals surface area contributed by atoms with Crippen LogP contribution in [-0.2, 0) is 9.47 Å². The van der Waals surface area contributed by atoms with Crippen molar-refractivity contribution in [3.63, 3.8) is 0 Å². The maximum atomic E-state index is 12.3. The molecule has 0 spiro atoms. The van der Waals surface area contributed by atoms with Crippen molar-refractivity contribution in [2.75, 3.05) is 19.8 Å². The van der Waals surface area contributed by atoms with Crippen LogP contribution in [-0.4, -0.2) is 48.2 Å². The number of morpholine rings is 1. The Hall–Kier alpha value is -0.920. The van der Waals surface area contributed by atoms with E-state index in [2.05, 4.69) is 15.9 Å². The summed E-state index contributed by atoms with van der Waals surface area (Å²) in [6.07, 6.45) is -0.146. The summed E-state index contributed by atoms with van der Waals surface area (Å²) in [7, 11) is 0. The molecule has 0 saturated carbocycles. The fourth-order valence-electron chi connectivity index (χ4n) is 2.16. The lowest BCUT2D eigenvalue weighted by Crippen LogP contribution is -2.51. The van der Waals surface area contributed by atoms with Crippen LogP contribution in [0.2, 0.25) is 0 Å². The van der Waals surface area contributed by atoms with E-state index in [1.807, 2.05) is 26.8 Å². The first-order valence-corrected chi connectivity index (χ1v) is 8.73. The van der Waals surface area contributed by atoms with Crippen LogP contribution in [0.15, 0.2) is 15.9 Å². The molecule has 1 fully saturated rings. The quantitative estimate of drug-likeness (QED) is 0.739. The SMILES string of the molecule is CC(C)(C)OC(=O)N1CCOCC1CC(=O)c1ccc(Br)s1. The second-order valence-electron chi connectivity index (χ2n) is 6.13. The molecule has 2 rings (SSSR count). The van der Waals surface area contributed by atoms with Crippen LogP contribution in [0.1, 0.15) is 36.9 Å². The summed E-state index contributed by atoms with van der Waals surface area (Å²) < 4.78 is 11.8. The number of ether oxygens (including phenoxy) is 2. The van der Waals surface area contributed by atoms with Crippen molar-refractivity contribution in [3.8, 4) is 0 Å². The zero-order chi connectivity index (χ0) is 16.3. The van der Waals surface area contributed by atoms with E-state index < -0.39 is 5.60 Å². The van der Waals surface area contributed by atoms with Crippen molar-refractivity contribution in [1.82, 2.24) is 4.90 Å². The molecule has 1 aromatic heterocycles. The van der Waals surface area contributed by atoms with E-state index in [1.54, 1.807) is 11.0 Å². The first-order chi connectivity index (χ1) is 10.3. The summed E-state index contributed by atoms with van der Waals surface area (Å²) in [4.78, 5) is 26.9. The summed E-state index contributed by atoms with van der Waals surface area (Å²) in [5.74, 6) is 0.0137. The largest absolute Gasteiger partial charge is 0.444 e. The van der Waals surface area contributed by atoms with Gasteiger partial charge in [-0.1, -0.05) is 0 Å². The van der Waals surface area contributed by atoms with E-state index in [0.29, 0.717) is 24.6 Å². The van der Waals surface area contributed by atoms with Crippen molar-refractivity contribution in [2.24, 2.45) is 0 Å². The zero-order valence-electron chi connectivity index (χ0n) is 12.9. The number of halogens is 1. The monoisotopic (exact) mass is 389 g/mol. The summed E-state index contributed by atoms with van der Waals surface area (Å²) in [6.45, 7) is 6.76. The molecule has 0 aliphatic carbocycles. The van der Waals surface area contributed by atoms with E-state index in [1.165, 1.54) is 11.3 Å². The van der Waals surface area contributed by atoms with Gasteiger partial charge in [-0.15, -0.1) is 11.3 Å². The minimum absolute atomic E-state index is 0.0137. The standard InChI is InChI=1S/C15H20BrNO4S/c1-15(2,3)21-14(19)17-6-7-20-9-10(17)8-11(18)12-4-5-13(16)22-12/h4-5,10H,6-9H2,1-3H3. The molecular formula is C15H20BrNO4S. The smallest absolute Gasteiger partial charge is 0.410 e. The number of carbonyl (C=O) groups excluding carboxylic acids is 2. The minimum atomic E-state index is -0.553. The number of hydrogen-bond donors (Lipinski definition) is 0. The number of rotatable bonds is 3. The third kappa shape index (κ3) is 4.79. The molecule has 1 unspecified atom stereocenters. The van der Waals surface area contributed by atoms with Crippen molar-refractivity contribution in [3.05, 3.63) is 20.8 Å². The van der Waals surface area contributed by atoms with Crippen LogP contribution in [0.4, 0.5) is 4.79 Å². The third-order valence-corrected chi connectivity index (χ3v) is 4.79. The lowest BCUT2D eigenvalue weighted by atomic mass is 10.1. The Kier molecular flexibility index (Phi) is 5.63. The van der Waals surface area contributed by atoms with Gasteiger partial charge in [0, 0.05) is 13.0 Å². The summed E-state index contributed by atoms with van der Waals surface area (Å²) in [6, 6.07) is 3.36. The van der Waals surface area contributed by atoms with Gasteiger partial charge in [-0.2, -0.15) is 0 Å². The van der Waals surface area contributed by atoms with Crippen molar-refractivity contribution < 1.29 is 19.1 Å². The highest BCUT2D eigenvalue weighted by Gasteiger charge is 2.32. The van der Waals surface area contributed by atoms with E-state index in [-0.39, 0.29) is 24.3 Å². The fraction of sp³-hybridized carbons (Fsp3) is 0.600. The Morgan fingerprint density at radius 1 is 1.45 bits per heavy atom. The summed E-state index contributed by atoms with van der Waals surface area (Å²) in [5.41, 5.74) is -0.553. The van der Waals surface area contributed by atoms with Crippen molar-refractivity contribution in [1.29, 1.82) is 0 Å². The highest BCUT2D eigenvalue weighted by atomic mass is 79.9. The van der Waals surface area contributed by atoms with Crippen LogP contribution < -0.4 is 0 Å². The molecule has 22 heavy (non-hydrogen) atoms.